The maximum absolute atomic E-state index is 5.97. The first kappa shape index (κ1) is 10.3. The second-order valence-electron chi connectivity index (χ2n) is 4.24. The molecular formula is C14H18O. The molecule has 0 bridgehead atoms. The summed E-state index contributed by atoms with van der Waals surface area (Å²) in [6.45, 7) is 6.45. The Labute approximate surface area is 91.8 Å². The van der Waals surface area contributed by atoms with Crippen molar-refractivity contribution in [1.82, 2.24) is 0 Å². The molecule has 1 aliphatic rings. The van der Waals surface area contributed by atoms with Crippen molar-refractivity contribution in [3.05, 3.63) is 41.0 Å². The Balaban J connectivity index is 2.30. The summed E-state index contributed by atoms with van der Waals surface area (Å²) in [4.78, 5) is 0. The van der Waals surface area contributed by atoms with Gasteiger partial charge in [-0.3, -0.25) is 0 Å². The molecule has 1 aromatic rings. The smallest absolute Gasteiger partial charge is 0.126 e. The van der Waals surface area contributed by atoms with Crippen molar-refractivity contribution in [3.8, 4) is 5.75 Å². The average molecular weight is 202 g/mol. The quantitative estimate of drug-likeness (QED) is 0.681. The molecule has 0 aliphatic heterocycles. The first-order valence-electron chi connectivity index (χ1n) is 5.64. The van der Waals surface area contributed by atoms with Gasteiger partial charge in [0.2, 0.25) is 0 Å². The number of rotatable bonds is 3. The minimum Gasteiger partial charge on any atom is -0.485 e. The first-order chi connectivity index (χ1) is 7.20. The Morgan fingerprint density at radius 3 is 2.60 bits per heavy atom. The van der Waals surface area contributed by atoms with Crippen LogP contribution in [0.5, 0.6) is 5.75 Å². The minimum atomic E-state index is 0.303. The fourth-order valence-electron chi connectivity index (χ4n) is 1.96. The Morgan fingerprint density at radius 1 is 1.33 bits per heavy atom. The molecule has 80 valence electrons. The monoisotopic (exact) mass is 202 g/mol. The van der Waals surface area contributed by atoms with E-state index in [-0.39, 0.29) is 0 Å². The van der Waals surface area contributed by atoms with Crippen LogP contribution in [0.4, 0.5) is 0 Å². The molecule has 15 heavy (non-hydrogen) atoms. The van der Waals surface area contributed by atoms with E-state index < -0.39 is 0 Å². The predicted octanol–water partition coefficient (Wildman–Crippen LogP) is 3.57. The zero-order valence-corrected chi connectivity index (χ0v) is 9.71. The zero-order chi connectivity index (χ0) is 10.8. The van der Waals surface area contributed by atoms with Crippen molar-refractivity contribution in [1.29, 1.82) is 0 Å². The fourth-order valence-corrected chi connectivity index (χ4v) is 1.96. The van der Waals surface area contributed by atoms with E-state index >= 15 is 0 Å². The highest BCUT2D eigenvalue weighted by atomic mass is 16.5. The van der Waals surface area contributed by atoms with Gasteiger partial charge in [-0.1, -0.05) is 30.7 Å². The molecule has 1 nitrogen and oxygen atoms in total. The number of hydrogen-bond acceptors (Lipinski definition) is 1. The lowest BCUT2D eigenvalue weighted by atomic mass is 10.0. The second kappa shape index (κ2) is 4.09. The topological polar surface area (TPSA) is 9.23 Å². The van der Waals surface area contributed by atoms with E-state index in [0.29, 0.717) is 6.10 Å². The molecular weight excluding hydrogens is 184 g/mol. The number of hydrogen-bond donors (Lipinski definition) is 0. The highest BCUT2D eigenvalue weighted by molar-refractivity contribution is 5.44. The summed E-state index contributed by atoms with van der Waals surface area (Å²) in [6.07, 6.45) is 6.67. The molecule has 2 rings (SSSR count). The molecule has 0 aromatic heterocycles. The molecule has 0 heterocycles. The van der Waals surface area contributed by atoms with Crippen LogP contribution in [0.15, 0.2) is 24.3 Å². The second-order valence-corrected chi connectivity index (χ2v) is 4.24. The van der Waals surface area contributed by atoms with Crippen LogP contribution in [0, 0.1) is 13.8 Å². The maximum Gasteiger partial charge on any atom is 0.126 e. The van der Waals surface area contributed by atoms with Gasteiger partial charge in [-0.15, -0.1) is 0 Å². The molecule has 1 aliphatic carbocycles. The molecule has 1 atom stereocenters. The predicted molar refractivity (Wildman–Crippen MR) is 63.5 cm³/mol. The van der Waals surface area contributed by atoms with Crippen molar-refractivity contribution in [2.75, 3.05) is 0 Å². The molecule has 0 fully saturated rings. The third-order valence-electron chi connectivity index (χ3n) is 2.87. The van der Waals surface area contributed by atoms with Crippen molar-refractivity contribution < 1.29 is 4.74 Å². The van der Waals surface area contributed by atoms with Gasteiger partial charge in [0.25, 0.3) is 0 Å². The van der Waals surface area contributed by atoms with Crippen molar-refractivity contribution in [2.45, 2.75) is 39.7 Å². The lowest BCUT2D eigenvalue weighted by molar-refractivity contribution is 0.232. The zero-order valence-electron chi connectivity index (χ0n) is 9.71. The van der Waals surface area contributed by atoms with Crippen LogP contribution in [0.1, 0.15) is 30.0 Å². The number of benzene rings is 1. The summed E-state index contributed by atoms with van der Waals surface area (Å²) < 4.78 is 5.97. The summed E-state index contributed by atoms with van der Waals surface area (Å²) >= 11 is 0. The molecule has 1 heteroatoms. The lowest BCUT2D eigenvalue weighted by Gasteiger charge is -2.23. The van der Waals surface area contributed by atoms with Gasteiger partial charge < -0.3 is 4.74 Å². The lowest BCUT2D eigenvalue weighted by Crippen LogP contribution is -2.19. The minimum absolute atomic E-state index is 0.303. The van der Waals surface area contributed by atoms with Crippen LogP contribution >= 0.6 is 0 Å². The largest absolute Gasteiger partial charge is 0.485 e. The molecule has 0 radical (unpaired) electrons. The van der Waals surface area contributed by atoms with Gasteiger partial charge in [-0.25, -0.2) is 0 Å². The van der Waals surface area contributed by atoms with Crippen molar-refractivity contribution in [3.63, 3.8) is 0 Å². The number of aryl methyl sites for hydroxylation is 3. The summed E-state index contributed by atoms with van der Waals surface area (Å²) in [7, 11) is 0. The van der Waals surface area contributed by atoms with E-state index in [0.717, 1.165) is 18.6 Å². The average Bonchev–Trinajstić information content (AvgIpc) is 2.12. The van der Waals surface area contributed by atoms with Gasteiger partial charge >= 0.3 is 0 Å². The van der Waals surface area contributed by atoms with Crippen LogP contribution in [0.2, 0.25) is 0 Å². The Kier molecular flexibility index (Phi) is 2.81. The SMILES string of the molecule is CCc1cc(C)cc(C)c1OC1C=CC1. The molecule has 0 saturated heterocycles. The van der Waals surface area contributed by atoms with Gasteiger partial charge in [0.15, 0.2) is 0 Å². The summed E-state index contributed by atoms with van der Waals surface area (Å²) in [5.41, 5.74) is 3.90. The van der Waals surface area contributed by atoms with E-state index in [9.17, 15) is 0 Å². The molecule has 0 amide bonds. The van der Waals surface area contributed by atoms with Gasteiger partial charge in [-0.2, -0.15) is 0 Å². The van der Waals surface area contributed by atoms with Gasteiger partial charge in [0.1, 0.15) is 11.9 Å². The summed E-state index contributed by atoms with van der Waals surface area (Å²) in [5, 5.41) is 0. The van der Waals surface area contributed by atoms with Crippen LogP contribution in [0.25, 0.3) is 0 Å². The Bertz CT molecular complexity index is 391. The van der Waals surface area contributed by atoms with Crippen LogP contribution in [-0.4, -0.2) is 6.10 Å². The van der Waals surface area contributed by atoms with Gasteiger partial charge in [0, 0.05) is 6.42 Å². The molecule has 0 N–H and O–H groups in total. The third-order valence-corrected chi connectivity index (χ3v) is 2.87. The van der Waals surface area contributed by atoms with E-state index in [1.54, 1.807) is 0 Å². The molecule has 1 aromatic carbocycles. The highest BCUT2D eigenvalue weighted by Gasteiger charge is 2.15. The van der Waals surface area contributed by atoms with E-state index in [2.05, 4.69) is 45.1 Å². The summed E-state index contributed by atoms with van der Waals surface area (Å²) in [5.74, 6) is 1.09. The van der Waals surface area contributed by atoms with Crippen LogP contribution in [0.3, 0.4) is 0 Å². The Morgan fingerprint density at radius 2 is 2.07 bits per heavy atom. The number of ether oxygens (including phenoxy) is 1. The molecule has 1 unspecified atom stereocenters. The van der Waals surface area contributed by atoms with Crippen LogP contribution < -0.4 is 4.74 Å². The van der Waals surface area contributed by atoms with Crippen molar-refractivity contribution >= 4 is 0 Å². The van der Waals surface area contributed by atoms with Crippen LogP contribution in [-0.2, 0) is 6.42 Å². The van der Waals surface area contributed by atoms with E-state index in [1.165, 1.54) is 16.7 Å². The maximum atomic E-state index is 5.97. The van der Waals surface area contributed by atoms with Gasteiger partial charge in [0.05, 0.1) is 0 Å². The highest BCUT2D eigenvalue weighted by Crippen LogP contribution is 2.29. The first-order valence-corrected chi connectivity index (χ1v) is 5.64. The van der Waals surface area contributed by atoms with Crippen molar-refractivity contribution in [2.24, 2.45) is 0 Å². The van der Waals surface area contributed by atoms with Gasteiger partial charge in [-0.05, 0) is 37.5 Å². The van der Waals surface area contributed by atoms with E-state index in [4.69, 9.17) is 4.74 Å². The molecule has 0 saturated carbocycles. The third kappa shape index (κ3) is 2.06. The normalized spacial score (nSPS) is 18.7. The van der Waals surface area contributed by atoms with E-state index in [1.807, 2.05) is 0 Å². The molecule has 0 spiro atoms. The fraction of sp³-hybridized carbons (Fsp3) is 0.429. The summed E-state index contributed by atoms with van der Waals surface area (Å²) in [6, 6.07) is 4.42. The standard InChI is InChI=1S/C14H18O/c1-4-12-9-10(2)8-11(3)14(12)15-13-6-5-7-13/h5-6,8-9,13H,4,7H2,1-3H3. The Hall–Kier alpha value is -1.24.